The van der Waals surface area contributed by atoms with Crippen LogP contribution in [0.25, 0.3) is 0 Å². The third-order valence-electron chi connectivity index (χ3n) is 11.9. The summed E-state index contributed by atoms with van der Waals surface area (Å²) < 4.78 is 0. The molecule has 0 aliphatic rings. The van der Waals surface area contributed by atoms with Crippen molar-refractivity contribution in [3.63, 3.8) is 0 Å². The molecular formula is C72H60Cl12Mo2N4O4P4Pt2. The molecule has 0 saturated carbocycles. The van der Waals surface area contributed by atoms with E-state index in [2.05, 4.69) is 117 Å². The van der Waals surface area contributed by atoms with Gasteiger partial charge in [0.15, 0.2) is 0 Å². The van der Waals surface area contributed by atoms with Gasteiger partial charge >= 0.3 is 84.3 Å². The molecule has 100 heavy (non-hydrogen) atoms. The average molecular weight is 2180 g/mol. The molecule has 0 atom stereocenters. The largest absolute Gasteiger partial charge is 2.00 e. The van der Waals surface area contributed by atoms with Gasteiger partial charge in [0.05, 0.1) is 43.3 Å². The Kier molecular flexibility index (Phi) is 66.2. The van der Waals surface area contributed by atoms with E-state index < -0.39 is 31.7 Å². The predicted molar refractivity (Wildman–Crippen MR) is 401 cm³/mol. The number of halogens is 12. The molecule has 0 amide bonds. The average Bonchev–Trinajstić information content (AvgIpc) is 0.843. The number of rotatable bonds is 12. The van der Waals surface area contributed by atoms with E-state index in [-0.39, 0.29) is 178 Å². The third kappa shape index (κ3) is 38.2. The molecule has 0 saturated heterocycles. The fourth-order valence-electron chi connectivity index (χ4n) is 8.38. The maximum atomic E-state index is 11.6. The van der Waals surface area contributed by atoms with Crippen LogP contribution >= 0.6 is 124 Å². The van der Waals surface area contributed by atoms with Crippen LogP contribution < -0.4 is 145 Å². The molecule has 12 rings (SSSR count). The first-order chi connectivity index (χ1) is 45.0. The molecule has 0 aliphatic heterocycles. The second-order valence-corrected chi connectivity index (χ2v) is 29.6. The molecule has 0 radical (unpaired) electrons. The van der Waals surface area contributed by atoms with Crippen molar-refractivity contribution in [2.24, 2.45) is 0 Å². The van der Waals surface area contributed by atoms with E-state index in [1.807, 2.05) is 170 Å². The van der Waals surface area contributed by atoms with Gasteiger partial charge in [0, 0.05) is 15.8 Å². The van der Waals surface area contributed by atoms with Gasteiger partial charge in [-0.15, -0.1) is 104 Å². The summed E-state index contributed by atoms with van der Waals surface area (Å²) in [5.41, 5.74) is 3.05. The van der Waals surface area contributed by atoms with Crippen molar-refractivity contribution in [2.75, 3.05) is 21.4 Å². The Morgan fingerprint density at radius 2 is 0.430 bits per heavy atom. The quantitative estimate of drug-likeness (QED) is 0.101. The minimum atomic E-state index is -0.773. The molecule has 8 nitrogen and oxygen atoms in total. The SMILES string of the molecule is ClCCl.ClCCl.ClCCl.ClCCl.O=c1cccc(P(c2ccccc2)c2ccccc2)[n-]1.O=c1cccc(P(c2ccccc2)c2ccccc2)[n-]1.[Cl-].[Cl-].[Cl-].[Cl-].[Mo+2].[Mo+2].[O-]c1cccc(P(c2ccccc2)c2ccccc2)n1.[O-]c1cccc(P(c2ccccc2)c2ccccc2)n1.[Pt+2].[Pt+2]. The van der Waals surface area contributed by atoms with Gasteiger partial charge in [-0.3, -0.25) is 9.97 Å². The molecule has 4 aromatic heterocycles. The molecular weight excluding hydrogens is 2120 g/mol. The van der Waals surface area contributed by atoms with E-state index in [0.717, 1.165) is 21.7 Å². The van der Waals surface area contributed by atoms with E-state index in [9.17, 15) is 19.8 Å². The maximum absolute atomic E-state index is 11.6. The zero-order valence-corrected chi connectivity index (χ0v) is 73.3. The van der Waals surface area contributed by atoms with E-state index in [0.29, 0.717) is 0 Å². The maximum Gasteiger partial charge on any atom is 2.00 e. The van der Waals surface area contributed by atoms with Crippen LogP contribution in [0, 0.1) is 0 Å². The molecule has 12 aromatic rings. The third-order valence-corrected chi connectivity index (χ3v) is 21.2. The van der Waals surface area contributed by atoms with Crippen molar-refractivity contribution >= 4 is 189 Å². The first-order valence-electron chi connectivity index (χ1n) is 27.7. The van der Waals surface area contributed by atoms with Crippen LogP contribution in [0.4, 0.5) is 0 Å². The Labute approximate surface area is 713 Å². The standard InChI is InChI=1S/4C17H14NOP.4CH2Cl2.4ClH.2Mo.2Pt/c4*19-16-12-7-13-17(18-16)20(14-8-3-1-4-9-14)15-10-5-2-6-11-15;4*2-1-3;;;;;;;;/h4*1-13H,(H,18,19);4*1H2;4*1H;;;;/q;;;;;;;;;;;;4*+2/p-8. The molecule has 0 N–H and O–H groups in total. The van der Waals surface area contributed by atoms with Crippen molar-refractivity contribution in [1.82, 2.24) is 19.9 Å². The summed E-state index contributed by atoms with van der Waals surface area (Å²) in [5, 5.41) is 33.5. The number of benzene rings is 8. The smallest absolute Gasteiger partial charge is 1.00 e. The van der Waals surface area contributed by atoms with Crippen LogP contribution in [0.15, 0.2) is 325 Å². The van der Waals surface area contributed by atoms with Crippen molar-refractivity contribution in [3.8, 4) is 11.8 Å². The van der Waals surface area contributed by atoms with E-state index >= 15 is 0 Å². The van der Waals surface area contributed by atoms with Crippen LogP contribution in [-0.4, -0.2) is 31.3 Å². The Morgan fingerprint density at radius 3 is 0.600 bits per heavy atom. The summed E-state index contributed by atoms with van der Waals surface area (Å²) in [5.74, 6) is -0.358. The fraction of sp³-hybridized carbons (Fsp3) is 0.0556. The van der Waals surface area contributed by atoms with Crippen molar-refractivity contribution < 1.29 is 144 Å². The number of pyridine rings is 4. The minimum absolute atomic E-state index is 0. The summed E-state index contributed by atoms with van der Waals surface area (Å²) in [6, 6.07) is 103. The van der Waals surface area contributed by atoms with Crippen LogP contribution in [0.1, 0.15) is 0 Å². The molecule has 0 bridgehead atoms. The molecule has 28 heteroatoms. The zero-order chi connectivity index (χ0) is 66.0. The summed E-state index contributed by atoms with van der Waals surface area (Å²) in [4.78, 5) is 39.9. The van der Waals surface area contributed by atoms with Crippen molar-refractivity contribution in [1.29, 1.82) is 0 Å². The van der Waals surface area contributed by atoms with Crippen LogP contribution in [-0.2, 0) is 84.3 Å². The molecule has 0 fully saturated rings. The Hall–Kier alpha value is -2.49. The first kappa shape index (κ1) is 104. The van der Waals surface area contributed by atoms with Gasteiger partial charge in [0.25, 0.3) is 0 Å². The van der Waals surface area contributed by atoms with Crippen LogP contribution in [0.3, 0.4) is 0 Å². The van der Waals surface area contributed by atoms with Gasteiger partial charge in [-0.1, -0.05) is 291 Å². The number of hydrogen-bond donors (Lipinski definition) is 0. The molecule has 4 heterocycles. The van der Waals surface area contributed by atoms with E-state index in [1.54, 1.807) is 24.3 Å². The number of hydrogen-bond acceptors (Lipinski definition) is 6. The van der Waals surface area contributed by atoms with E-state index in [4.69, 9.17) is 92.8 Å². The minimum Gasteiger partial charge on any atom is -1.00 e. The van der Waals surface area contributed by atoms with Gasteiger partial charge in [0.1, 0.15) is 0 Å². The Morgan fingerprint density at radius 1 is 0.260 bits per heavy atom. The van der Waals surface area contributed by atoms with Crippen molar-refractivity contribution in [3.05, 3.63) is 336 Å². The number of alkyl halides is 8. The number of aromatic nitrogens is 4. The zero-order valence-electron chi connectivity index (χ0n) is 52.0. The summed E-state index contributed by atoms with van der Waals surface area (Å²) in [7, 11) is -3.09. The van der Waals surface area contributed by atoms with Gasteiger partial charge in [0.2, 0.25) is 0 Å². The molecule has 528 valence electrons. The second kappa shape index (κ2) is 63.8. The first-order valence-corrected chi connectivity index (χ1v) is 37.3. The van der Waals surface area contributed by atoms with Crippen LogP contribution in [0.2, 0.25) is 0 Å². The Balaban J connectivity index is -0.000000568. The predicted octanol–water partition coefficient (Wildman–Crippen LogP) is 1.04. The Bertz CT molecular complexity index is 3610. The van der Waals surface area contributed by atoms with Crippen molar-refractivity contribution in [2.45, 2.75) is 0 Å². The second-order valence-electron chi connectivity index (χ2n) is 17.8. The van der Waals surface area contributed by atoms with Gasteiger partial charge in [-0.05, 0) is 94.3 Å². The molecule has 8 aromatic carbocycles. The fourth-order valence-corrected chi connectivity index (χ4v) is 17.2. The van der Waals surface area contributed by atoms with Gasteiger partial charge in [-0.25, -0.2) is 0 Å². The molecule has 0 unspecified atom stereocenters. The number of nitrogens with zero attached hydrogens (tertiary/aromatic N) is 4. The van der Waals surface area contributed by atoms with Crippen LogP contribution in [0.5, 0.6) is 11.8 Å². The van der Waals surface area contributed by atoms with Gasteiger partial charge in [-0.2, -0.15) is 0 Å². The normalized spacial score (nSPS) is 9.24. The molecule has 0 spiro atoms. The summed E-state index contributed by atoms with van der Waals surface area (Å²) in [6.45, 7) is 0. The summed E-state index contributed by atoms with van der Waals surface area (Å²) in [6.07, 6.45) is 0. The topological polar surface area (TPSA) is 134 Å². The molecule has 0 aliphatic carbocycles. The summed E-state index contributed by atoms with van der Waals surface area (Å²) >= 11 is 38.1. The monoisotopic (exact) mass is 2170 g/mol. The van der Waals surface area contributed by atoms with Gasteiger partial charge < -0.3 is 79.4 Å². The van der Waals surface area contributed by atoms with E-state index in [1.165, 1.54) is 66.7 Å².